The number of piperazine rings is 1. The molecule has 19 heavy (non-hydrogen) atoms. The summed E-state index contributed by atoms with van der Waals surface area (Å²) in [6, 6.07) is 0. The molecule has 1 aliphatic carbocycles. The maximum absolute atomic E-state index is 12.5. The zero-order chi connectivity index (χ0) is 14.6. The third-order valence-corrected chi connectivity index (χ3v) is 4.99. The number of hydrogen-bond acceptors (Lipinski definition) is 3. The highest BCUT2D eigenvalue weighted by atomic mass is 16.4. The lowest BCUT2D eigenvalue weighted by molar-refractivity contribution is -0.143. The first kappa shape index (κ1) is 14.3. The van der Waals surface area contributed by atoms with Crippen LogP contribution in [0.1, 0.15) is 27.7 Å². The van der Waals surface area contributed by atoms with Gasteiger partial charge in [-0.1, -0.05) is 13.8 Å². The Labute approximate surface area is 114 Å². The van der Waals surface area contributed by atoms with E-state index in [1.54, 1.807) is 0 Å². The SMILES string of the molecule is CN1CCN(C(=O)C2C(C(=O)O)C2(C)C)CC1(C)C. The Hall–Kier alpha value is -1.10. The third kappa shape index (κ3) is 2.24. The summed E-state index contributed by atoms with van der Waals surface area (Å²) >= 11 is 0. The highest BCUT2D eigenvalue weighted by Gasteiger charge is 2.66. The standard InChI is InChI=1S/C14H24N2O3/c1-13(2)8-16(7-6-15(13)5)11(17)9-10(12(18)19)14(9,3)4/h9-10H,6-8H2,1-5H3,(H,18,19). The van der Waals surface area contributed by atoms with Gasteiger partial charge in [-0.2, -0.15) is 0 Å². The molecular formula is C14H24N2O3. The van der Waals surface area contributed by atoms with Gasteiger partial charge >= 0.3 is 5.97 Å². The Morgan fingerprint density at radius 3 is 2.11 bits per heavy atom. The van der Waals surface area contributed by atoms with Crippen molar-refractivity contribution in [1.29, 1.82) is 0 Å². The first-order valence-corrected chi connectivity index (χ1v) is 6.82. The Morgan fingerprint density at radius 1 is 1.11 bits per heavy atom. The van der Waals surface area contributed by atoms with Gasteiger partial charge in [0.2, 0.25) is 5.91 Å². The van der Waals surface area contributed by atoms with Crippen molar-refractivity contribution in [3.63, 3.8) is 0 Å². The predicted molar refractivity (Wildman–Crippen MR) is 71.7 cm³/mol. The van der Waals surface area contributed by atoms with E-state index >= 15 is 0 Å². The van der Waals surface area contributed by atoms with Crippen molar-refractivity contribution in [2.24, 2.45) is 17.3 Å². The first-order chi connectivity index (χ1) is 8.59. The summed E-state index contributed by atoms with van der Waals surface area (Å²) < 4.78 is 0. The van der Waals surface area contributed by atoms with Gasteiger partial charge < -0.3 is 10.0 Å². The lowest BCUT2D eigenvalue weighted by Gasteiger charge is -2.45. The molecule has 5 heteroatoms. The molecule has 1 aliphatic heterocycles. The second-order valence-corrected chi connectivity index (χ2v) is 7.11. The van der Waals surface area contributed by atoms with Gasteiger partial charge in [-0.05, 0) is 26.3 Å². The molecule has 1 heterocycles. The summed E-state index contributed by atoms with van der Waals surface area (Å²) in [6.07, 6.45) is 0. The van der Waals surface area contributed by atoms with Crippen LogP contribution in [0.5, 0.6) is 0 Å². The fourth-order valence-electron chi connectivity index (χ4n) is 3.18. The van der Waals surface area contributed by atoms with Gasteiger partial charge in [-0.25, -0.2) is 0 Å². The number of carboxylic acids is 1. The lowest BCUT2D eigenvalue weighted by Crippen LogP contribution is -2.59. The zero-order valence-corrected chi connectivity index (χ0v) is 12.4. The second-order valence-electron chi connectivity index (χ2n) is 7.11. The van der Waals surface area contributed by atoms with Gasteiger partial charge in [0.05, 0.1) is 11.8 Å². The van der Waals surface area contributed by atoms with E-state index in [2.05, 4.69) is 25.8 Å². The van der Waals surface area contributed by atoms with E-state index in [-0.39, 0.29) is 17.4 Å². The fourth-order valence-corrected chi connectivity index (χ4v) is 3.18. The average molecular weight is 268 g/mol. The summed E-state index contributed by atoms with van der Waals surface area (Å²) in [5.74, 6) is -1.72. The van der Waals surface area contributed by atoms with Crippen LogP contribution in [0, 0.1) is 17.3 Å². The van der Waals surface area contributed by atoms with Crippen molar-refractivity contribution in [1.82, 2.24) is 9.80 Å². The molecule has 2 rings (SSSR count). The molecule has 0 bridgehead atoms. The molecule has 1 saturated heterocycles. The molecule has 2 aliphatic rings. The average Bonchev–Trinajstić information content (AvgIpc) is 2.84. The molecule has 5 nitrogen and oxygen atoms in total. The number of hydrogen-bond donors (Lipinski definition) is 1. The first-order valence-electron chi connectivity index (χ1n) is 6.82. The maximum atomic E-state index is 12.5. The van der Waals surface area contributed by atoms with Crippen LogP contribution in [-0.4, -0.2) is 59.0 Å². The lowest BCUT2D eigenvalue weighted by atomic mass is 9.99. The van der Waals surface area contributed by atoms with Crippen molar-refractivity contribution >= 4 is 11.9 Å². The highest BCUT2D eigenvalue weighted by Crippen LogP contribution is 2.59. The molecule has 0 spiro atoms. The number of carbonyl (C=O) groups is 2. The van der Waals surface area contributed by atoms with Gasteiger partial charge in [0, 0.05) is 25.2 Å². The quantitative estimate of drug-likeness (QED) is 0.808. The van der Waals surface area contributed by atoms with E-state index in [9.17, 15) is 14.7 Å². The van der Waals surface area contributed by atoms with Crippen molar-refractivity contribution < 1.29 is 14.7 Å². The van der Waals surface area contributed by atoms with Crippen LogP contribution in [0.25, 0.3) is 0 Å². The van der Waals surface area contributed by atoms with Crippen LogP contribution >= 0.6 is 0 Å². The minimum absolute atomic E-state index is 0.0126. The second kappa shape index (κ2) is 4.20. The highest BCUT2D eigenvalue weighted by molar-refractivity contribution is 5.91. The third-order valence-electron chi connectivity index (χ3n) is 4.99. The molecule has 2 fully saturated rings. The summed E-state index contributed by atoms with van der Waals surface area (Å²) in [4.78, 5) is 27.8. The molecule has 0 aromatic heterocycles. The summed E-state index contributed by atoms with van der Waals surface area (Å²) in [5, 5.41) is 9.17. The minimum atomic E-state index is -0.850. The molecule has 0 radical (unpaired) electrons. The van der Waals surface area contributed by atoms with Crippen LogP contribution in [0.15, 0.2) is 0 Å². The molecule has 1 amide bonds. The smallest absolute Gasteiger partial charge is 0.307 e. The molecule has 0 aromatic carbocycles. The Kier molecular flexibility index (Phi) is 3.16. The zero-order valence-electron chi connectivity index (χ0n) is 12.4. The summed E-state index contributed by atoms with van der Waals surface area (Å²) in [5.41, 5.74) is -0.456. The van der Waals surface area contributed by atoms with E-state index in [0.29, 0.717) is 13.1 Å². The summed E-state index contributed by atoms with van der Waals surface area (Å²) in [6.45, 7) is 10.2. The van der Waals surface area contributed by atoms with E-state index < -0.39 is 17.3 Å². The van der Waals surface area contributed by atoms with Crippen molar-refractivity contribution in [2.75, 3.05) is 26.7 Å². The van der Waals surface area contributed by atoms with Crippen LogP contribution in [0.2, 0.25) is 0 Å². The molecule has 0 aromatic rings. The Balaban J connectivity index is 2.08. The van der Waals surface area contributed by atoms with Gasteiger partial charge in [0.15, 0.2) is 0 Å². The Morgan fingerprint density at radius 2 is 1.68 bits per heavy atom. The minimum Gasteiger partial charge on any atom is -0.481 e. The normalized spacial score (nSPS) is 33.0. The van der Waals surface area contributed by atoms with Gasteiger partial charge in [0.25, 0.3) is 0 Å². The maximum Gasteiger partial charge on any atom is 0.307 e. The topological polar surface area (TPSA) is 60.9 Å². The molecule has 2 unspecified atom stereocenters. The van der Waals surface area contributed by atoms with Crippen LogP contribution < -0.4 is 0 Å². The molecule has 108 valence electrons. The number of carboxylic acid groups (broad SMARTS) is 1. The van der Waals surface area contributed by atoms with Crippen molar-refractivity contribution in [2.45, 2.75) is 33.2 Å². The van der Waals surface area contributed by atoms with Crippen molar-refractivity contribution in [3.05, 3.63) is 0 Å². The van der Waals surface area contributed by atoms with E-state index in [1.165, 1.54) is 0 Å². The number of likely N-dealkylation sites (N-methyl/N-ethyl adjacent to an activating group) is 1. The van der Waals surface area contributed by atoms with E-state index in [4.69, 9.17) is 0 Å². The number of aliphatic carboxylic acids is 1. The molecule has 2 atom stereocenters. The number of nitrogens with zero attached hydrogens (tertiary/aromatic N) is 2. The van der Waals surface area contributed by atoms with E-state index in [0.717, 1.165) is 6.54 Å². The number of carbonyl (C=O) groups excluding carboxylic acids is 1. The van der Waals surface area contributed by atoms with Gasteiger partial charge in [-0.15, -0.1) is 0 Å². The van der Waals surface area contributed by atoms with Gasteiger partial charge in [-0.3, -0.25) is 14.5 Å². The van der Waals surface area contributed by atoms with Crippen LogP contribution in [0.3, 0.4) is 0 Å². The Bertz CT molecular complexity index is 417. The van der Waals surface area contributed by atoms with Crippen LogP contribution in [0.4, 0.5) is 0 Å². The fraction of sp³-hybridized carbons (Fsp3) is 0.857. The molecular weight excluding hydrogens is 244 g/mol. The summed E-state index contributed by atoms with van der Waals surface area (Å²) in [7, 11) is 2.06. The molecule has 1 N–H and O–H groups in total. The largest absolute Gasteiger partial charge is 0.481 e. The van der Waals surface area contributed by atoms with Crippen molar-refractivity contribution in [3.8, 4) is 0 Å². The number of amides is 1. The molecule has 1 saturated carbocycles. The number of rotatable bonds is 2. The van der Waals surface area contributed by atoms with Crippen LogP contribution in [-0.2, 0) is 9.59 Å². The van der Waals surface area contributed by atoms with E-state index in [1.807, 2.05) is 18.7 Å². The van der Waals surface area contributed by atoms with Gasteiger partial charge in [0.1, 0.15) is 0 Å². The predicted octanol–water partition coefficient (Wildman–Crippen LogP) is 0.896. The monoisotopic (exact) mass is 268 g/mol.